The zero-order chi connectivity index (χ0) is 21.3. The Bertz CT molecular complexity index is 1090. The second-order valence-corrected chi connectivity index (χ2v) is 7.10. The summed E-state index contributed by atoms with van der Waals surface area (Å²) in [6.45, 7) is 1.56. The molecule has 0 bridgehead atoms. The number of nitrogens with one attached hydrogen (secondary N) is 1. The van der Waals surface area contributed by atoms with Crippen LogP contribution in [0.3, 0.4) is 0 Å². The molecule has 0 radical (unpaired) electrons. The molecule has 0 aromatic heterocycles. The number of anilines is 3. The average Bonchev–Trinajstić information content (AvgIpc) is 3.04. The van der Waals surface area contributed by atoms with Crippen LogP contribution in [0.2, 0.25) is 0 Å². The lowest BCUT2D eigenvalue weighted by atomic mass is 10.1. The Morgan fingerprint density at radius 3 is 2.00 bits per heavy atom. The summed E-state index contributed by atoms with van der Waals surface area (Å²) in [5, 5.41) is 2.88. The van der Waals surface area contributed by atoms with Crippen LogP contribution in [0.5, 0.6) is 0 Å². The van der Waals surface area contributed by atoms with Crippen LogP contribution in [0.1, 0.15) is 27.6 Å². The normalized spacial score (nSPS) is 13.7. The first-order valence-corrected chi connectivity index (χ1v) is 9.64. The van der Waals surface area contributed by atoms with Crippen LogP contribution >= 0.6 is 0 Å². The zero-order valence-corrected chi connectivity index (χ0v) is 16.7. The molecule has 1 aliphatic heterocycles. The third-order valence-electron chi connectivity index (χ3n) is 5.26. The standard InChI is InChI=1S/C24H21N3O3/c1-16(27-23(29)18-12-6-7-13-19(18)24(27)30)22(28)25-20-14-8-9-15-21(20)26(2)17-10-4-3-5-11-17/h3-16H,1-2H3,(H,25,28). The van der Waals surface area contributed by atoms with Crippen molar-refractivity contribution in [1.29, 1.82) is 0 Å². The molecule has 1 aliphatic rings. The summed E-state index contributed by atoms with van der Waals surface area (Å²) in [6.07, 6.45) is 0. The molecule has 6 heteroatoms. The van der Waals surface area contributed by atoms with Gasteiger partial charge in [0.05, 0.1) is 22.5 Å². The Labute approximate surface area is 174 Å². The smallest absolute Gasteiger partial charge is 0.262 e. The third kappa shape index (κ3) is 3.33. The van der Waals surface area contributed by atoms with Crippen LogP contribution in [0.4, 0.5) is 17.1 Å². The van der Waals surface area contributed by atoms with Gasteiger partial charge >= 0.3 is 0 Å². The van der Waals surface area contributed by atoms with Crippen molar-refractivity contribution in [1.82, 2.24) is 4.90 Å². The molecule has 3 amide bonds. The molecule has 1 atom stereocenters. The maximum Gasteiger partial charge on any atom is 0.262 e. The molecule has 4 rings (SSSR count). The van der Waals surface area contributed by atoms with Crippen molar-refractivity contribution in [2.45, 2.75) is 13.0 Å². The summed E-state index contributed by atoms with van der Waals surface area (Å²) in [5.74, 6) is -1.33. The summed E-state index contributed by atoms with van der Waals surface area (Å²) >= 11 is 0. The fourth-order valence-corrected chi connectivity index (χ4v) is 3.58. The van der Waals surface area contributed by atoms with Gasteiger partial charge in [-0.3, -0.25) is 19.3 Å². The van der Waals surface area contributed by atoms with Gasteiger partial charge in [0, 0.05) is 12.7 Å². The number of benzene rings is 3. The minimum absolute atomic E-state index is 0.325. The number of nitrogens with zero attached hydrogens (tertiary/aromatic N) is 2. The quantitative estimate of drug-likeness (QED) is 0.657. The fourth-order valence-electron chi connectivity index (χ4n) is 3.58. The van der Waals surface area contributed by atoms with E-state index in [1.165, 1.54) is 0 Å². The largest absolute Gasteiger partial charge is 0.343 e. The number of fused-ring (bicyclic) bond motifs is 1. The predicted molar refractivity (Wildman–Crippen MR) is 116 cm³/mol. The summed E-state index contributed by atoms with van der Waals surface area (Å²) in [5.41, 5.74) is 3.01. The second-order valence-electron chi connectivity index (χ2n) is 7.10. The highest BCUT2D eigenvalue weighted by molar-refractivity contribution is 6.23. The van der Waals surface area contributed by atoms with E-state index in [0.29, 0.717) is 16.8 Å². The molecule has 0 fully saturated rings. The molecular formula is C24H21N3O3. The van der Waals surface area contributed by atoms with E-state index in [1.807, 2.05) is 60.5 Å². The van der Waals surface area contributed by atoms with Crippen LogP contribution in [0.15, 0.2) is 78.9 Å². The molecular weight excluding hydrogens is 378 g/mol. The number of para-hydroxylation sites is 3. The van der Waals surface area contributed by atoms with Crippen LogP contribution in [0, 0.1) is 0 Å². The molecule has 30 heavy (non-hydrogen) atoms. The van der Waals surface area contributed by atoms with Gasteiger partial charge in [-0.15, -0.1) is 0 Å². The molecule has 0 saturated heterocycles. The maximum absolute atomic E-state index is 13.0. The molecule has 0 aliphatic carbocycles. The van der Waals surface area contributed by atoms with Gasteiger partial charge in [-0.2, -0.15) is 0 Å². The maximum atomic E-state index is 13.0. The minimum atomic E-state index is -0.951. The van der Waals surface area contributed by atoms with Gasteiger partial charge < -0.3 is 10.2 Å². The van der Waals surface area contributed by atoms with E-state index in [9.17, 15) is 14.4 Å². The van der Waals surface area contributed by atoms with Crippen LogP contribution in [0.25, 0.3) is 0 Å². The lowest BCUT2D eigenvalue weighted by Crippen LogP contribution is -2.45. The van der Waals surface area contributed by atoms with Crippen molar-refractivity contribution in [3.05, 3.63) is 90.0 Å². The third-order valence-corrected chi connectivity index (χ3v) is 5.26. The van der Waals surface area contributed by atoms with Crippen molar-refractivity contribution in [3.8, 4) is 0 Å². The highest BCUT2D eigenvalue weighted by Crippen LogP contribution is 2.31. The van der Waals surface area contributed by atoms with Gasteiger partial charge in [-0.05, 0) is 43.3 Å². The average molecular weight is 399 g/mol. The van der Waals surface area contributed by atoms with Gasteiger partial charge in [0.15, 0.2) is 0 Å². The zero-order valence-electron chi connectivity index (χ0n) is 16.7. The fraction of sp³-hybridized carbons (Fsp3) is 0.125. The SMILES string of the molecule is CC(C(=O)Nc1ccccc1N(C)c1ccccc1)N1C(=O)c2ccccc2C1=O. The van der Waals surface area contributed by atoms with Gasteiger partial charge in [-0.25, -0.2) is 0 Å². The van der Waals surface area contributed by atoms with Gasteiger partial charge in [-0.1, -0.05) is 42.5 Å². The topological polar surface area (TPSA) is 69.7 Å². The number of hydrogen-bond donors (Lipinski definition) is 1. The molecule has 3 aromatic carbocycles. The van der Waals surface area contributed by atoms with Crippen LogP contribution < -0.4 is 10.2 Å². The monoisotopic (exact) mass is 399 g/mol. The number of rotatable bonds is 5. The van der Waals surface area contributed by atoms with E-state index in [4.69, 9.17) is 0 Å². The lowest BCUT2D eigenvalue weighted by molar-refractivity contribution is -0.119. The van der Waals surface area contributed by atoms with E-state index in [2.05, 4.69) is 5.32 Å². The summed E-state index contributed by atoms with van der Waals surface area (Å²) in [6, 6.07) is 22.8. The first-order valence-electron chi connectivity index (χ1n) is 9.64. The summed E-state index contributed by atoms with van der Waals surface area (Å²) < 4.78 is 0. The van der Waals surface area contributed by atoms with Crippen molar-refractivity contribution in [3.63, 3.8) is 0 Å². The summed E-state index contributed by atoms with van der Waals surface area (Å²) in [7, 11) is 1.91. The van der Waals surface area contributed by atoms with E-state index >= 15 is 0 Å². The molecule has 1 heterocycles. The molecule has 1 N–H and O–H groups in total. The number of imide groups is 1. The Morgan fingerprint density at radius 2 is 1.37 bits per heavy atom. The number of amides is 3. The highest BCUT2D eigenvalue weighted by Gasteiger charge is 2.40. The Kier molecular flexibility index (Phi) is 5.06. The van der Waals surface area contributed by atoms with Crippen molar-refractivity contribution in [2.75, 3.05) is 17.3 Å². The first-order chi connectivity index (χ1) is 14.5. The Balaban J connectivity index is 1.57. The number of carbonyl (C=O) groups excluding carboxylic acids is 3. The van der Waals surface area contributed by atoms with Crippen LogP contribution in [-0.2, 0) is 4.79 Å². The lowest BCUT2D eigenvalue weighted by Gasteiger charge is -2.25. The highest BCUT2D eigenvalue weighted by atomic mass is 16.2. The van der Waals surface area contributed by atoms with Crippen LogP contribution in [-0.4, -0.2) is 35.7 Å². The summed E-state index contributed by atoms with van der Waals surface area (Å²) in [4.78, 5) is 41.3. The van der Waals surface area contributed by atoms with E-state index in [0.717, 1.165) is 16.3 Å². The second kappa shape index (κ2) is 7.83. The van der Waals surface area contributed by atoms with E-state index in [-0.39, 0.29) is 0 Å². The molecule has 0 spiro atoms. The van der Waals surface area contributed by atoms with Gasteiger partial charge in [0.2, 0.25) is 5.91 Å². The van der Waals surface area contributed by atoms with Crippen molar-refractivity contribution in [2.24, 2.45) is 0 Å². The molecule has 1 unspecified atom stereocenters. The predicted octanol–water partition coefficient (Wildman–Crippen LogP) is 4.08. The Hall–Kier alpha value is -3.93. The van der Waals surface area contributed by atoms with Crippen molar-refractivity contribution < 1.29 is 14.4 Å². The minimum Gasteiger partial charge on any atom is -0.343 e. The number of carbonyl (C=O) groups is 3. The van der Waals surface area contributed by atoms with E-state index < -0.39 is 23.8 Å². The number of hydrogen-bond acceptors (Lipinski definition) is 4. The molecule has 150 valence electrons. The molecule has 3 aromatic rings. The van der Waals surface area contributed by atoms with Gasteiger partial charge in [0.25, 0.3) is 11.8 Å². The van der Waals surface area contributed by atoms with E-state index in [1.54, 1.807) is 37.3 Å². The first kappa shape index (κ1) is 19.4. The molecule has 0 saturated carbocycles. The molecule has 6 nitrogen and oxygen atoms in total. The van der Waals surface area contributed by atoms with Crippen molar-refractivity contribution >= 4 is 34.8 Å². The van der Waals surface area contributed by atoms with Gasteiger partial charge in [0.1, 0.15) is 6.04 Å². The Morgan fingerprint density at radius 1 is 0.833 bits per heavy atom.